The zero-order chi connectivity index (χ0) is 15.0. The Bertz CT molecular complexity index is 704. The highest BCUT2D eigenvalue weighted by Gasteiger charge is 2.41. The Labute approximate surface area is 128 Å². The SMILES string of the molecule is C=Cc1csc2c1NC(N)=NC2(N)C(C)c1ccccc1. The van der Waals surface area contributed by atoms with E-state index in [1.165, 1.54) is 0 Å². The lowest BCUT2D eigenvalue weighted by Gasteiger charge is -2.35. The number of rotatable bonds is 3. The molecule has 2 atom stereocenters. The van der Waals surface area contributed by atoms with E-state index < -0.39 is 5.66 Å². The van der Waals surface area contributed by atoms with Crippen molar-refractivity contribution < 1.29 is 0 Å². The maximum Gasteiger partial charge on any atom is 0.195 e. The topological polar surface area (TPSA) is 76.4 Å². The molecule has 2 aromatic rings. The first-order valence-electron chi connectivity index (χ1n) is 6.77. The van der Waals surface area contributed by atoms with Crippen LogP contribution >= 0.6 is 11.3 Å². The first-order valence-corrected chi connectivity index (χ1v) is 7.65. The minimum absolute atomic E-state index is 0.00872. The van der Waals surface area contributed by atoms with Crippen molar-refractivity contribution in [2.45, 2.75) is 18.5 Å². The standard InChI is InChI=1S/C16H18N4S/c1-3-11-9-21-14-13(11)19-15(17)20-16(14,18)10(2)12-7-5-4-6-8-12/h3-10H,1,18H2,2H3,(H3,17,19,20). The molecular formula is C16H18N4S. The molecule has 0 radical (unpaired) electrons. The molecule has 0 amide bonds. The predicted molar refractivity (Wildman–Crippen MR) is 90.4 cm³/mol. The number of anilines is 1. The minimum atomic E-state index is -0.863. The van der Waals surface area contributed by atoms with Crippen LogP contribution in [0.1, 0.15) is 28.8 Å². The lowest BCUT2D eigenvalue weighted by Crippen LogP contribution is -2.46. The van der Waals surface area contributed by atoms with Crippen LogP contribution in [0.25, 0.3) is 6.08 Å². The van der Waals surface area contributed by atoms with Gasteiger partial charge in [0.1, 0.15) is 0 Å². The molecule has 0 spiro atoms. The molecule has 0 saturated carbocycles. The Balaban J connectivity index is 2.13. The first kappa shape index (κ1) is 13.9. The van der Waals surface area contributed by atoms with E-state index in [1.807, 2.05) is 23.6 Å². The van der Waals surface area contributed by atoms with Gasteiger partial charge in [0.2, 0.25) is 0 Å². The molecule has 2 unspecified atom stereocenters. The van der Waals surface area contributed by atoms with Crippen molar-refractivity contribution in [2.75, 3.05) is 5.32 Å². The number of thiophene rings is 1. The number of benzene rings is 1. The highest BCUT2D eigenvalue weighted by atomic mass is 32.1. The molecule has 0 bridgehead atoms. The zero-order valence-electron chi connectivity index (χ0n) is 11.8. The summed E-state index contributed by atoms with van der Waals surface area (Å²) in [6.07, 6.45) is 1.80. The molecule has 1 aromatic heterocycles. The van der Waals surface area contributed by atoms with Gasteiger partial charge < -0.3 is 16.8 Å². The summed E-state index contributed by atoms with van der Waals surface area (Å²) in [6.45, 7) is 5.91. The van der Waals surface area contributed by atoms with Gasteiger partial charge in [-0.15, -0.1) is 11.3 Å². The molecule has 5 N–H and O–H groups in total. The molecule has 1 aromatic carbocycles. The highest BCUT2D eigenvalue weighted by molar-refractivity contribution is 7.11. The summed E-state index contributed by atoms with van der Waals surface area (Å²) < 4.78 is 0. The van der Waals surface area contributed by atoms with E-state index in [0.29, 0.717) is 5.96 Å². The van der Waals surface area contributed by atoms with Crippen LogP contribution in [-0.4, -0.2) is 5.96 Å². The van der Waals surface area contributed by atoms with Crippen molar-refractivity contribution in [1.29, 1.82) is 0 Å². The second-order valence-electron chi connectivity index (χ2n) is 5.18. The van der Waals surface area contributed by atoms with E-state index >= 15 is 0 Å². The molecule has 21 heavy (non-hydrogen) atoms. The van der Waals surface area contributed by atoms with Gasteiger partial charge >= 0.3 is 0 Å². The van der Waals surface area contributed by atoms with E-state index in [0.717, 1.165) is 21.7 Å². The zero-order valence-corrected chi connectivity index (χ0v) is 12.7. The summed E-state index contributed by atoms with van der Waals surface area (Å²) >= 11 is 1.59. The number of aliphatic imine (C=N–C) groups is 1. The predicted octanol–water partition coefficient (Wildman–Crippen LogP) is 3.05. The van der Waals surface area contributed by atoms with E-state index in [1.54, 1.807) is 17.4 Å². The molecule has 4 nitrogen and oxygen atoms in total. The average molecular weight is 298 g/mol. The van der Waals surface area contributed by atoms with Crippen LogP contribution in [0.3, 0.4) is 0 Å². The second kappa shape index (κ2) is 5.02. The molecule has 5 heteroatoms. The van der Waals surface area contributed by atoms with Crippen LogP contribution in [0, 0.1) is 0 Å². The third-order valence-electron chi connectivity index (χ3n) is 3.92. The monoisotopic (exact) mass is 298 g/mol. The van der Waals surface area contributed by atoms with Crippen molar-refractivity contribution >= 4 is 29.1 Å². The largest absolute Gasteiger partial charge is 0.370 e. The quantitative estimate of drug-likeness (QED) is 0.815. The van der Waals surface area contributed by atoms with Gasteiger partial charge in [0, 0.05) is 16.9 Å². The average Bonchev–Trinajstić information content (AvgIpc) is 2.90. The molecule has 1 aliphatic rings. The Morgan fingerprint density at radius 3 is 2.76 bits per heavy atom. The van der Waals surface area contributed by atoms with Crippen molar-refractivity contribution in [3.05, 3.63) is 58.3 Å². The molecular weight excluding hydrogens is 280 g/mol. The van der Waals surface area contributed by atoms with Gasteiger partial charge in [-0.25, -0.2) is 4.99 Å². The second-order valence-corrected chi connectivity index (χ2v) is 6.06. The Kier molecular flexibility index (Phi) is 3.31. The number of hydrogen-bond donors (Lipinski definition) is 3. The van der Waals surface area contributed by atoms with E-state index in [2.05, 4.69) is 35.9 Å². The number of guanidine groups is 1. The number of nitrogens with zero attached hydrogens (tertiary/aromatic N) is 1. The smallest absolute Gasteiger partial charge is 0.195 e. The van der Waals surface area contributed by atoms with Crippen LogP contribution in [0.2, 0.25) is 0 Å². The number of hydrogen-bond acceptors (Lipinski definition) is 5. The highest BCUT2D eigenvalue weighted by Crippen LogP contribution is 2.46. The molecule has 108 valence electrons. The number of nitrogens with one attached hydrogen (secondary N) is 1. The normalized spacial score (nSPS) is 21.9. The maximum atomic E-state index is 6.67. The molecule has 2 heterocycles. The van der Waals surface area contributed by atoms with Gasteiger partial charge in [-0.3, -0.25) is 0 Å². The van der Waals surface area contributed by atoms with Gasteiger partial charge in [0.05, 0.1) is 10.6 Å². The van der Waals surface area contributed by atoms with Crippen LogP contribution in [0.15, 0.2) is 47.3 Å². The molecule has 0 saturated heterocycles. The van der Waals surface area contributed by atoms with Gasteiger partial charge in [-0.05, 0) is 5.56 Å². The Morgan fingerprint density at radius 1 is 1.38 bits per heavy atom. The lowest BCUT2D eigenvalue weighted by atomic mass is 9.86. The minimum Gasteiger partial charge on any atom is -0.370 e. The van der Waals surface area contributed by atoms with Gasteiger partial charge in [-0.1, -0.05) is 49.9 Å². The summed E-state index contributed by atoms with van der Waals surface area (Å²) in [6, 6.07) is 10.1. The van der Waals surface area contributed by atoms with Crippen LogP contribution in [0.5, 0.6) is 0 Å². The van der Waals surface area contributed by atoms with Crippen molar-refractivity contribution in [1.82, 2.24) is 0 Å². The lowest BCUT2D eigenvalue weighted by molar-refractivity contribution is 0.396. The summed E-state index contributed by atoms with van der Waals surface area (Å²) in [5.41, 5.74) is 14.8. The molecule has 3 rings (SSSR count). The number of nitrogens with two attached hydrogens (primary N) is 2. The van der Waals surface area contributed by atoms with Gasteiger partial charge in [0.15, 0.2) is 11.6 Å². The van der Waals surface area contributed by atoms with Crippen molar-refractivity contribution in [3.63, 3.8) is 0 Å². The fourth-order valence-corrected chi connectivity index (χ4v) is 3.80. The fourth-order valence-electron chi connectivity index (χ4n) is 2.64. The summed E-state index contributed by atoms with van der Waals surface area (Å²) in [7, 11) is 0. The molecule has 1 aliphatic heterocycles. The van der Waals surface area contributed by atoms with Crippen molar-refractivity contribution in [2.24, 2.45) is 16.5 Å². The number of fused-ring (bicyclic) bond motifs is 1. The summed E-state index contributed by atoms with van der Waals surface area (Å²) in [5.74, 6) is 0.351. The third kappa shape index (κ3) is 2.14. The fraction of sp³-hybridized carbons (Fsp3) is 0.188. The summed E-state index contributed by atoms with van der Waals surface area (Å²) in [5, 5.41) is 5.13. The van der Waals surface area contributed by atoms with Crippen LogP contribution in [-0.2, 0) is 5.66 Å². The van der Waals surface area contributed by atoms with Crippen LogP contribution in [0.4, 0.5) is 5.69 Å². The van der Waals surface area contributed by atoms with E-state index in [-0.39, 0.29) is 5.92 Å². The van der Waals surface area contributed by atoms with Crippen molar-refractivity contribution in [3.8, 4) is 0 Å². The molecule has 0 fully saturated rings. The first-order chi connectivity index (χ1) is 10.1. The Hall–Kier alpha value is -2.11. The van der Waals surface area contributed by atoms with Gasteiger partial charge in [0.25, 0.3) is 0 Å². The summed E-state index contributed by atoms with van der Waals surface area (Å²) in [4.78, 5) is 5.51. The van der Waals surface area contributed by atoms with Crippen LogP contribution < -0.4 is 16.8 Å². The van der Waals surface area contributed by atoms with Gasteiger partial charge in [-0.2, -0.15) is 0 Å². The maximum absolute atomic E-state index is 6.67. The van der Waals surface area contributed by atoms with E-state index in [9.17, 15) is 0 Å². The van der Waals surface area contributed by atoms with E-state index in [4.69, 9.17) is 11.5 Å². The third-order valence-corrected chi connectivity index (χ3v) is 5.06. The Morgan fingerprint density at radius 2 is 2.10 bits per heavy atom. The molecule has 0 aliphatic carbocycles.